The molecule has 1 rings (SSSR count). The Morgan fingerprint density at radius 2 is 1.72 bits per heavy atom. The van der Waals surface area contributed by atoms with Gasteiger partial charge in [-0.25, -0.2) is 4.79 Å². The Balaban J connectivity index is 2.55. The first-order valence-electron chi connectivity index (χ1n) is 10.1. The Labute approximate surface area is 155 Å². The molecule has 1 fully saturated rings. The van der Waals surface area contributed by atoms with Crippen LogP contribution < -0.4 is 10.6 Å². The standard InChI is InChI=1S/C20H41N3O2/c1-8-20(9-2,22-18(24)25-19(5,6)7)15-21-16(4)17-11-13-23(10-3)14-12-17/h16-17,21H,8-15H2,1-7H3,(H,22,24). The topological polar surface area (TPSA) is 53.6 Å². The van der Waals surface area contributed by atoms with Crippen molar-refractivity contribution in [2.45, 2.75) is 91.3 Å². The van der Waals surface area contributed by atoms with Gasteiger partial charge in [0.05, 0.1) is 5.54 Å². The maximum absolute atomic E-state index is 12.2. The third-order valence-corrected chi connectivity index (χ3v) is 5.67. The highest BCUT2D eigenvalue weighted by atomic mass is 16.6. The van der Waals surface area contributed by atoms with Gasteiger partial charge in [-0.1, -0.05) is 20.8 Å². The number of rotatable bonds is 8. The van der Waals surface area contributed by atoms with Gasteiger partial charge in [-0.3, -0.25) is 0 Å². The van der Waals surface area contributed by atoms with Gasteiger partial charge in [-0.2, -0.15) is 0 Å². The molecule has 25 heavy (non-hydrogen) atoms. The first-order valence-corrected chi connectivity index (χ1v) is 10.1. The number of carbonyl (C=O) groups is 1. The van der Waals surface area contributed by atoms with E-state index in [0.717, 1.165) is 31.8 Å². The van der Waals surface area contributed by atoms with Gasteiger partial charge < -0.3 is 20.3 Å². The number of ether oxygens (including phenoxy) is 1. The van der Waals surface area contributed by atoms with Gasteiger partial charge >= 0.3 is 6.09 Å². The number of amides is 1. The molecule has 1 heterocycles. The normalized spacial score (nSPS) is 18.8. The van der Waals surface area contributed by atoms with Crippen LogP contribution in [0.5, 0.6) is 0 Å². The molecule has 0 aromatic heterocycles. The number of alkyl carbamates (subject to hydrolysis) is 1. The summed E-state index contributed by atoms with van der Waals surface area (Å²) in [7, 11) is 0. The predicted octanol–water partition coefficient (Wildman–Crippen LogP) is 3.78. The van der Waals surface area contributed by atoms with Gasteiger partial charge in [0.2, 0.25) is 0 Å². The molecule has 2 N–H and O–H groups in total. The van der Waals surface area contributed by atoms with Crippen molar-refractivity contribution in [1.82, 2.24) is 15.5 Å². The highest BCUT2D eigenvalue weighted by molar-refractivity contribution is 5.68. The third-order valence-electron chi connectivity index (χ3n) is 5.67. The van der Waals surface area contributed by atoms with Crippen molar-refractivity contribution in [3.05, 3.63) is 0 Å². The fourth-order valence-electron chi connectivity index (χ4n) is 3.53. The molecule has 0 aliphatic carbocycles. The molecule has 5 heteroatoms. The molecule has 1 aliphatic rings. The van der Waals surface area contributed by atoms with E-state index in [0.29, 0.717) is 6.04 Å². The molecular weight excluding hydrogens is 314 g/mol. The summed E-state index contributed by atoms with van der Waals surface area (Å²) in [4.78, 5) is 14.8. The summed E-state index contributed by atoms with van der Waals surface area (Å²) < 4.78 is 5.46. The molecule has 1 unspecified atom stereocenters. The SMILES string of the molecule is CCN1CCC(C(C)NCC(CC)(CC)NC(=O)OC(C)(C)C)CC1. The van der Waals surface area contributed by atoms with Crippen LogP contribution in [0.4, 0.5) is 4.79 Å². The lowest BCUT2D eigenvalue weighted by Crippen LogP contribution is -2.57. The average Bonchev–Trinajstić information content (AvgIpc) is 2.56. The van der Waals surface area contributed by atoms with Crippen molar-refractivity contribution in [3.63, 3.8) is 0 Å². The van der Waals surface area contributed by atoms with Crippen LogP contribution in [-0.2, 0) is 4.74 Å². The van der Waals surface area contributed by atoms with Crippen LogP contribution in [0.25, 0.3) is 0 Å². The van der Waals surface area contributed by atoms with E-state index in [-0.39, 0.29) is 11.6 Å². The molecule has 5 nitrogen and oxygen atoms in total. The van der Waals surface area contributed by atoms with E-state index in [4.69, 9.17) is 4.74 Å². The molecule has 0 saturated carbocycles. The van der Waals surface area contributed by atoms with E-state index in [1.54, 1.807) is 0 Å². The maximum Gasteiger partial charge on any atom is 0.408 e. The summed E-state index contributed by atoms with van der Waals surface area (Å²) in [5.74, 6) is 0.718. The number of nitrogens with one attached hydrogen (secondary N) is 2. The Morgan fingerprint density at radius 3 is 2.16 bits per heavy atom. The molecule has 0 radical (unpaired) electrons. The largest absolute Gasteiger partial charge is 0.444 e. The second-order valence-electron chi connectivity index (χ2n) is 8.56. The number of likely N-dealkylation sites (tertiary alicyclic amines) is 1. The molecule has 1 atom stereocenters. The van der Waals surface area contributed by atoms with Gasteiger partial charge in [0.15, 0.2) is 0 Å². The molecule has 1 aliphatic heterocycles. The lowest BCUT2D eigenvalue weighted by Gasteiger charge is -2.38. The zero-order valence-corrected chi connectivity index (χ0v) is 17.6. The highest BCUT2D eigenvalue weighted by Gasteiger charge is 2.32. The summed E-state index contributed by atoms with van der Waals surface area (Å²) in [6.45, 7) is 18.8. The van der Waals surface area contributed by atoms with Crippen LogP contribution in [0.3, 0.4) is 0 Å². The molecular formula is C20H41N3O2. The first-order chi connectivity index (χ1) is 11.6. The Bertz CT molecular complexity index is 394. The minimum Gasteiger partial charge on any atom is -0.444 e. The molecule has 0 spiro atoms. The zero-order chi connectivity index (χ0) is 19.1. The van der Waals surface area contributed by atoms with E-state index in [1.165, 1.54) is 25.9 Å². The van der Waals surface area contributed by atoms with Crippen LogP contribution in [0.2, 0.25) is 0 Å². The second kappa shape index (κ2) is 9.77. The Hall–Kier alpha value is -0.810. The molecule has 0 aromatic rings. The van der Waals surface area contributed by atoms with Crippen molar-refractivity contribution in [3.8, 4) is 0 Å². The van der Waals surface area contributed by atoms with Crippen LogP contribution in [0, 0.1) is 5.92 Å². The number of nitrogens with zero attached hydrogens (tertiary/aromatic N) is 1. The predicted molar refractivity (Wildman–Crippen MR) is 105 cm³/mol. The van der Waals surface area contributed by atoms with Gasteiger partial charge in [-0.15, -0.1) is 0 Å². The van der Waals surface area contributed by atoms with Crippen molar-refractivity contribution in [2.24, 2.45) is 5.92 Å². The lowest BCUT2D eigenvalue weighted by atomic mass is 9.88. The van der Waals surface area contributed by atoms with Gasteiger partial charge in [0, 0.05) is 12.6 Å². The number of carbonyl (C=O) groups excluding carboxylic acids is 1. The summed E-state index contributed by atoms with van der Waals surface area (Å²) in [5.41, 5.74) is -0.716. The summed E-state index contributed by atoms with van der Waals surface area (Å²) >= 11 is 0. The molecule has 0 bridgehead atoms. The summed E-state index contributed by atoms with van der Waals surface area (Å²) in [6, 6.07) is 0.469. The number of hydrogen-bond acceptors (Lipinski definition) is 4. The van der Waals surface area contributed by atoms with Crippen LogP contribution in [0.1, 0.15) is 74.1 Å². The molecule has 1 amide bonds. The van der Waals surface area contributed by atoms with E-state index in [9.17, 15) is 4.79 Å². The van der Waals surface area contributed by atoms with Crippen molar-refractivity contribution in [2.75, 3.05) is 26.2 Å². The minimum absolute atomic E-state index is 0.249. The molecule has 0 aromatic carbocycles. The highest BCUT2D eigenvalue weighted by Crippen LogP contribution is 2.22. The fraction of sp³-hybridized carbons (Fsp3) is 0.950. The fourth-order valence-corrected chi connectivity index (χ4v) is 3.53. The lowest BCUT2D eigenvalue weighted by molar-refractivity contribution is 0.0441. The minimum atomic E-state index is -0.467. The molecule has 148 valence electrons. The van der Waals surface area contributed by atoms with Crippen molar-refractivity contribution in [1.29, 1.82) is 0 Å². The third kappa shape index (κ3) is 7.53. The monoisotopic (exact) mass is 355 g/mol. The molecule has 1 saturated heterocycles. The smallest absolute Gasteiger partial charge is 0.408 e. The summed E-state index contributed by atoms with van der Waals surface area (Å²) in [5, 5.41) is 6.84. The van der Waals surface area contributed by atoms with Crippen LogP contribution >= 0.6 is 0 Å². The van der Waals surface area contributed by atoms with Crippen molar-refractivity contribution < 1.29 is 9.53 Å². The Kier molecular flexibility index (Phi) is 8.69. The first kappa shape index (κ1) is 22.2. The Morgan fingerprint density at radius 1 is 1.16 bits per heavy atom. The van der Waals surface area contributed by atoms with E-state index in [1.807, 2.05) is 20.8 Å². The van der Waals surface area contributed by atoms with Gasteiger partial charge in [-0.05, 0) is 78.9 Å². The van der Waals surface area contributed by atoms with Gasteiger partial charge in [0.25, 0.3) is 0 Å². The van der Waals surface area contributed by atoms with Gasteiger partial charge in [0.1, 0.15) is 5.60 Å². The maximum atomic E-state index is 12.2. The van der Waals surface area contributed by atoms with Crippen molar-refractivity contribution >= 4 is 6.09 Å². The van der Waals surface area contributed by atoms with E-state index in [2.05, 4.69) is 43.2 Å². The van der Waals surface area contributed by atoms with E-state index < -0.39 is 5.60 Å². The second-order valence-corrected chi connectivity index (χ2v) is 8.56. The number of piperidine rings is 1. The van der Waals surface area contributed by atoms with Crippen LogP contribution in [-0.4, -0.2) is 54.4 Å². The zero-order valence-electron chi connectivity index (χ0n) is 17.6. The number of hydrogen-bond donors (Lipinski definition) is 2. The van der Waals surface area contributed by atoms with Crippen LogP contribution in [0.15, 0.2) is 0 Å². The average molecular weight is 356 g/mol. The summed E-state index contributed by atoms with van der Waals surface area (Å²) in [6.07, 6.45) is 3.97. The van der Waals surface area contributed by atoms with E-state index >= 15 is 0 Å². The quantitative estimate of drug-likeness (QED) is 0.696.